The van der Waals surface area contributed by atoms with Gasteiger partial charge in [0.25, 0.3) is 0 Å². The minimum atomic E-state index is 0.00503. The Morgan fingerprint density at radius 2 is 2.35 bits per heavy atom. The molecule has 0 amide bonds. The fraction of sp³-hybridized carbons (Fsp3) is 0.571. The molecule has 1 heterocycles. The lowest BCUT2D eigenvalue weighted by Gasteiger charge is -2.16. The van der Waals surface area contributed by atoms with Gasteiger partial charge in [0.05, 0.1) is 13.2 Å². The van der Waals surface area contributed by atoms with Crippen LogP contribution >= 0.6 is 0 Å². The molecular formula is C14H21NO2. The molecule has 1 aromatic carbocycles. The van der Waals surface area contributed by atoms with E-state index < -0.39 is 0 Å². The second-order valence-corrected chi connectivity index (χ2v) is 4.87. The lowest BCUT2D eigenvalue weighted by molar-refractivity contribution is 0.166. The Balaban J connectivity index is 2.04. The number of nitrogens with two attached hydrogens (primary N) is 1. The molecule has 94 valence electrons. The maximum absolute atomic E-state index is 5.94. The zero-order chi connectivity index (χ0) is 12.3. The molecule has 1 aliphatic rings. The molecule has 1 saturated heterocycles. The second-order valence-electron chi connectivity index (χ2n) is 4.87. The van der Waals surface area contributed by atoms with Gasteiger partial charge in [-0.25, -0.2) is 0 Å². The van der Waals surface area contributed by atoms with Crippen molar-refractivity contribution in [1.82, 2.24) is 0 Å². The molecule has 2 atom stereocenters. The Morgan fingerprint density at radius 1 is 1.53 bits per heavy atom. The maximum atomic E-state index is 5.94. The minimum Gasteiger partial charge on any atom is -0.493 e. The molecule has 17 heavy (non-hydrogen) atoms. The number of hydrogen-bond acceptors (Lipinski definition) is 3. The summed E-state index contributed by atoms with van der Waals surface area (Å²) in [6.07, 6.45) is 1.10. The third-order valence-electron chi connectivity index (χ3n) is 3.16. The summed E-state index contributed by atoms with van der Waals surface area (Å²) in [5.74, 6) is 1.45. The van der Waals surface area contributed by atoms with E-state index in [4.69, 9.17) is 15.2 Å². The van der Waals surface area contributed by atoms with Gasteiger partial charge in [-0.05, 0) is 31.9 Å². The van der Waals surface area contributed by atoms with E-state index in [1.165, 1.54) is 5.56 Å². The third-order valence-corrected chi connectivity index (χ3v) is 3.16. The van der Waals surface area contributed by atoms with Gasteiger partial charge < -0.3 is 15.2 Å². The first-order valence-corrected chi connectivity index (χ1v) is 6.23. The first kappa shape index (κ1) is 12.4. The summed E-state index contributed by atoms with van der Waals surface area (Å²) >= 11 is 0. The lowest BCUT2D eigenvalue weighted by atomic mass is 10.1. The van der Waals surface area contributed by atoms with Crippen molar-refractivity contribution in [2.75, 3.05) is 19.8 Å². The zero-order valence-electron chi connectivity index (χ0n) is 10.6. The zero-order valence-corrected chi connectivity index (χ0v) is 10.6. The highest BCUT2D eigenvalue weighted by Crippen LogP contribution is 2.26. The van der Waals surface area contributed by atoms with Gasteiger partial charge in [0, 0.05) is 24.1 Å². The topological polar surface area (TPSA) is 44.5 Å². The highest BCUT2D eigenvalue weighted by Gasteiger charge is 2.17. The molecule has 0 aliphatic carbocycles. The molecule has 1 aliphatic heterocycles. The molecule has 0 saturated carbocycles. The first-order chi connectivity index (χ1) is 8.16. The van der Waals surface area contributed by atoms with E-state index in [9.17, 15) is 0 Å². The van der Waals surface area contributed by atoms with Crippen molar-refractivity contribution in [3.8, 4) is 5.75 Å². The van der Waals surface area contributed by atoms with Crippen LogP contribution in [0.3, 0.4) is 0 Å². The van der Waals surface area contributed by atoms with Gasteiger partial charge in [0.15, 0.2) is 0 Å². The largest absolute Gasteiger partial charge is 0.493 e. The van der Waals surface area contributed by atoms with E-state index in [1.54, 1.807) is 0 Å². The van der Waals surface area contributed by atoms with Crippen LogP contribution in [0.1, 0.15) is 30.5 Å². The van der Waals surface area contributed by atoms with Crippen molar-refractivity contribution in [3.63, 3.8) is 0 Å². The summed E-state index contributed by atoms with van der Waals surface area (Å²) in [6, 6.07) is 6.20. The number of hydrogen-bond donors (Lipinski definition) is 1. The predicted molar refractivity (Wildman–Crippen MR) is 68.2 cm³/mol. The molecule has 2 N–H and O–H groups in total. The molecule has 0 spiro atoms. The van der Waals surface area contributed by atoms with Crippen LogP contribution in [0.2, 0.25) is 0 Å². The van der Waals surface area contributed by atoms with E-state index >= 15 is 0 Å². The number of ether oxygens (including phenoxy) is 2. The van der Waals surface area contributed by atoms with Crippen LogP contribution in [0, 0.1) is 12.8 Å². The SMILES string of the molecule is Cc1ccc(C(C)N)c(OCC2CCOC2)c1. The van der Waals surface area contributed by atoms with Gasteiger partial charge in [-0.3, -0.25) is 0 Å². The summed E-state index contributed by atoms with van der Waals surface area (Å²) in [6.45, 7) is 6.46. The van der Waals surface area contributed by atoms with Crippen LogP contribution in [0.4, 0.5) is 0 Å². The van der Waals surface area contributed by atoms with Gasteiger partial charge in [-0.1, -0.05) is 12.1 Å². The van der Waals surface area contributed by atoms with Crippen LogP contribution in [0.5, 0.6) is 5.75 Å². The molecule has 2 rings (SSSR count). The van der Waals surface area contributed by atoms with E-state index in [0.717, 1.165) is 37.6 Å². The monoisotopic (exact) mass is 235 g/mol. The van der Waals surface area contributed by atoms with Gasteiger partial charge >= 0.3 is 0 Å². The van der Waals surface area contributed by atoms with Gasteiger partial charge in [0.2, 0.25) is 0 Å². The summed E-state index contributed by atoms with van der Waals surface area (Å²) in [4.78, 5) is 0. The average Bonchev–Trinajstić information content (AvgIpc) is 2.78. The first-order valence-electron chi connectivity index (χ1n) is 6.23. The quantitative estimate of drug-likeness (QED) is 0.871. The van der Waals surface area contributed by atoms with E-state index in [2.05, 4.69) is 25.1 Å². The molecule has 0 aromatic heterocycles. The van der Waals surface area contributed by atoms with Crippen LogP contribution in [-0.2, 0) is 4.74 Å². The summed E-state index contributed by atoms with van der Waals surface area (Å²) in [7, 11) is 0. The van der Waals surface area contributed by atoms with Gasteiger partial charge in [0.1, 0.15) is 5.75 Å². The molecule has 3 nitrogen and oxygen atoms in total. The van der Waals surface area contributed by atoms with Crippen molar-refractivity contribution < 1.29 is 9.47 Å². The fourth-order valence-electron chi connectivity index (χ4n) is 2.07. The van der Waals surface area contributed by atoms with Crippen LogP contribution in [-0.4, -0.2) is 19.8 Å². The minimum absolute atomic E-state index is 0.00503. The Hall–Kier alpha value is -1.06. The average molecular weight is 235 g/mol. The van der Waals surface area contributed by atoms with Crippen molar-refractivity contribution in [3.05, 3.63) is 29.3 Å². The molecule has 1 fully saturated rings. The summed E-state index contributed by atoms with van der Waals surface area (Å²) in [5, 5.41) is 0. The number of aryl methyl sites for hydroxylation is 1. The maximum Gasteiger partial charge on any atom is 0.124 e. The summed E-state index contributed by atoms with van der Waals surface area (Å²) in [5.41, 5.74) is 8.22. The van der Waals surface area contributed by atoms with Crippen LogP contribution in [0.25, 0.3) is 0 Å². The van der Waals surface area contributed by atoms with E-state index in [1.807, 2.05) is 6.92 Å². The predicted octanol–water partition coefficient (Wildman–Crippen LogP) is 2.43. The Morgan fingerprint density at radius 3 is 3.00 bits per heavy atom. The fourth-order valence-corrected chi connectivity index (χ4v) is 2.07. The highest BCUT2D eigenvalue weighted by molar-refractivity contribution is 5.38. The van der Waals surface area contributed by atoms with Crippen molar-refractivity contribution in [1.29, 1.82) is 0 Å². The Labute approximate surface area is 103 Å². The number of benzene rings is 1. The molecule has 1 aromatic rings. The van der Waals surface area contributed by atoms with Crippen molar-refractivity contribution in [2.24, 2.45) is 11.7 Å². The van der Waals surface area contributed by atoms with Crippen molar-refractivity contribution >= 4 is 0 Å². The molecular weight excluding hydrogens is 214 g/mol. The smallest absolute Gasteiger partial charge is 0.124 e. The normalized spacial score (nSPS) is 21.5. The standard InChI is InChI=1S/C14H21NO2/c1-10-3-4-13(11(2)15)14(7-10)17-9-12-5-6-16-8-12/h3-4,7,11-12H,5-6,8-9,15H2,1-2H3. The Bertz CT molecular complexity index is 370. The van der Waals surface area contributed by atoms with Gasteiger partial charge in [-0.15, -0.1) is 0 Å². The van der Waals surface area contributed by atoms with Crippen molar-refractivity contribution in [2.45, 2.75) is 26.3 Å². The molecule has 0 radical (unpaired) electrons. The summed E-state index contributed by atoms with van der Waals surface area (Å²) < 4.78 is 11.2. The van der Waals surface area contributed by atoms with Gasteiger partial charge in [-0.2, -0.15) is 0 Å². The number of rotatable bonds is 4. The Kier molecular flexibility index (Phi) is 4.02. The molecule has 0 bridgehead atoms. The highest BCUT2D eigenvalue weighted by atomic mass is 16.5. The van der Waals surface area contributed by atoms with Crippen LogP contribution in [0.15, 0.2) is 18.2 Å². The molecule has 2 unspecified atom stereocenters. The van der Waals surface area contributed by atoms with E-state index in [0.29, 0.717) is 5.92 Å². The third kappa shape index (κ3) is 3.20. The lowest BCUT2D eigenvalue weighted by Crippen LogP contribution is -2.14. The second kappa shape index (κ2) is 5.52. The van der Waals surface area contributed by atoms with E-state index in [-0.39, 0.29) is 6.04 Å². The molecule has 3 heteroatoms. The van der Waals surface area contributed by atoms with Crippen LogP contribution < -0.4 is 10.5 Å².